The van der Waals surface area contributed by atoms with Crippen LogP contribution in [0.25, 0.3) is 0 Å². The molecule has 2 rings (SSSR count). The number of carboxylic acids is 1. The third kappa shape index (κ3) is 4.33. The lowest BCUT2D eigenvalue weighted by Crippen LogP contribution is -2.23. The average Bonchev–Trinajstić information content (AvgIpc) is 2.97. The number of benzene rings is 1. The van der Waals surface area contributed by atoms with E-state index in [4.69, 9.17) is 5.11 Å². The van der Waals surface area contributed by atoms with E-state index in [1.165, 1.54) is 12.1 Å². The van der Waals surface area contributed by atoms with Crippen LogP contribution < -0.4 is 4.72 Å². The predicted octanol–water partition coefficient (Wildman–Crippen LogP) is -0.305. The molecule has 10 heteroatoms. The lowest BCUT2D eigenvalue weighted by Gasteiger charge is -2.06. The average molecular weight is 311 g/mol. The molecule has 0 aliphatic carbocycles. The summed E-state index contributed by atoms with van der Waals surface area (Å²) in [5, 5.41) is 21.4. The van der Waals surface area contributed by atoms with Crippen LogP contribution in [0, 0.1) is 0 Å². The van der Waals surface area contributed by atoms with E-state index in [9.17, 15) is 13.2 Å². The summed E-state index contributed by atoms with van der Waals surface area (Å²) in [6, 6.07) is 6.03. The molecule has 0 unspecified atom stereocenters. The molecule has 0 saturated heterocycles. The molecular formula is C11H13N5O4S. The number of hydrogen-bond acceptors (Lipinski definition) is 6. The second-order valence-electron chi connectivity index (χ2n) is 4.19. The van der Waals surface area contributed by atoms with Crippen molar-refractivity contribution in [3.05, 3.63) is 35.7 Å². The number of carbonyl (C=O) groups is 1. The van der Waals surface area contributed by atoms with Crippen molar-refractivity contribution >= 4 is 16.0 Å². The molecule has 21 heavy (non-hydrogen) atoms. The van der Waals surface area contributed by atoms with Crippen molar-refractivity contribution in [2.24, 2.45) is 0 Å². The lowest BCUT2D eigenvalue weighted by atomic mass is 10.1. The normalized spacial score (nSPS) is 11.4. The van der Waals surface area contributed by atoms with Crippen molar-refractivity contribution in [1.29, 1.82) is 0 Å². The standard InChI is InChI=1S/C11H13N5O4S/c17-11(18)6-3-8-1-4-9(5-2-8)21(19,20)12-7-10-13-15-16-14-10/h1-2,4-5,12H,3,6-7H2,(H,17,18)(H,13,14,15,16). The number of nitrogens with zero attached hydrogens (tertiary/aromatic N) is 3. The second kappa shape index (κ2) is 6.41. The van der Waals surface area contributed by atoms with Crippen LogP contribution in [0.2, 0.25) is 0 Å². The lowest BCUT2D eigenvalue weighted by molar-refractivity contribution is -0.136. The quantitative estimate of drug-likeness (QED) is 0.637. The van der Waals surface area contributed by atoms with Gasteiger partial charge in [-0.15, -0.1) is 10.2 Å². The first-order valence-corrected chi connectivity index (χ1v) is 7.48. The number of aromatic amines is 1. The molecule has 0 spiro atoms. The Bertz CT molecular complexity index is 697. The van der Waals surface area contributed by atoms with Crippen LogP contribution in [-0.4, -0.2) is 40.1 Å². The Hall–Kier alpha value is -2.33. The van der Waals surface area contributed by atoms with Gasteiger partial charge in [0, 0.05) is 6.42 Å². The first kappa shape index (κ1) is 15.1. The number of aryl methyl sites for hydroxylation is 1. The number of aliphatic carboxylic acids is 1. The number of sulfonamides is 1. The van der Waals surface area contributed by atoms with E-state index in [0.29, 0.717) is 6.42 Å². The minimum atomic E-state index is -3.67. The highest BCUT2D eigenvalue weighted by molar-refractivity contribution is 7.89. The zero-order valence-electron chi connectivity index (χ0n) is 10.9. The van der Waals surface area contributed by atoms with Crippen LogP contribution in [0.5, 0.6) is 0 Å². The number of aromatic nitrogens is 4. The SMILES string of the molecule is O=C(O)CCc1ccc(S(=O)(=O)NCc2nn[nH]n2)cc1. The van der Waals surface area contributed by atoms with Gasteiger partial charge in [0.25, 0.3) is 0 Å². The first-order chi connectivity index (χ1) is 9.97. The molecule has 0 fully saturated rings. The summed E-state index contributed by atoms with van der Waals surface area (Å²) < 4.78 is 26.4. The van der Waals surface area contributed by atoms with Gasteiger partial charge in [0.05, 0.1) is 11.4 Å². The van der Waals surface area contributed by atoms with Gasteiger partial charge in [0.15, 0.2) is 5.82 Å². The molecule has 112 valence electrons. The van der Waals surface area contributed by atoms with Crippen molar-refractivity contribution < 1.29 is 18.3 Å². The molecule has 9 nitrogen and oxygen atoms in total. The fraction of sp³-hybridized carbons (Fsp3) is 0.273. The Balaban J connectivity index is 2.01. The van der Waals surface area contributed by atoms with Gasteiger partial charge in [0.2, 0.25) is 10.0 Å². The first-order valence-electron chi connectivity index (χ1n) is 6.00. The summed E-state index contributed by atoms with van der Waals surface area (Å²) in [5.41, 5.74) is 0.759. The Morgan fingerprint density at radius 1 is 1.29 bits per heavy atom. The van der Waals surface area contributed by atoms with Crippen LogP contribution in [0.1, 0.15) is 17.8 Å². The summed E-state index contributed by atoms with van der Waals surface area (Å²) in [5.74, 6) is -0.662. The number of H-pyrrole nitrogens is 1. The highest BCUT2D eigenvalue weighted by Crippen LogP contribution is 2.12. The highest BCUT2D eigenvalue weighted by atomic mass is 32.2. The topological polar surface area (TPSA) is 138 Å². The van der Waals surface area contributed by atoms with E-state index >= 15 is 0 Å². The molecule has 0 aliphatic rings. The van der Waals surface area contributed by atoms with Gasteiger partial charge in [-0.1, -0.05) is 17.3 Å². The Labute approximate surface area is 120 Å². The van der Waals surface area contributed by atoms with Gasteiger partial charge in [0.1, 0.15) is 0 Å². The number of rotatable bonds is 7. The van der Waals surface area contributed by atoms with Gasteiger partial charge in [-0.3, -0.25) is 4.79 Å². The van der Waals surface area contributed by atoms with Crippen molar-refractivity contribution in [2.45, 2.75) is 24.3 Å². The molecule has 2 aromatic rings. The molecule has 1 aromatic heterocycles. The minimum Gasteiger partial charge on any atom is -0.481 e. The largest absolute Gasteiger partial charge is 0.481 e. The van der Waals surface area contributed by atoms with Crippen LogP contribution in [0.15, 0.2) is 29.2 Å². The molecule has 0 bridgehead atoms. The van der Waals surface area contributed by atoms with E-state index in [1.807, 2.05) is 0 Å². The summed E-state index contributed by atoms with van der Waals surface area (Å²) in [6.45, 7) is -0.0698. The van der Waals surface area contributed by atoms with Gasteiger partial charge in [-0.05, 0) is 24.1 Å². The highest BCUT2D eigenvalue weighted by Gasteiger charge is 2.14. The Kier molecular flexibility index (Phi) is 4.60. The number of tetrazole rings is 1. The van der Waals surface area contributed by atoms with Crippen molar-refractivity contribution in [1.82, 2.24) is 25.3 Å². The van der Waals surface area contributed by atoms with E-state index in [-0.39, 0.29) is 23.7 Å². The molecule has 0 radical (unpaired) electrons. The molecular weight excluding hydrogens is 298 g/mol. The maximum atomic E-state index is 12.0. The van der Waals surface area contributed by atoms with Crippen LogP contribution in [0.4, 0.5) is 0 Å². The number of nitrogens with one attached hydrogen (secondary N) is 2. The fourth-order valence-corrected chi connectivity index (χ4v) is 2.57. The zero-order valence-corrected chi connectivity index (χ0v) is 11.7. The molecule has 0 amide bonds. The maximum Gasteiger partial charge on any atom is 0.303 e. The van der Waals surface area contributed by atoms with E-state index in [0.717, 1.165) is 5.56 Å². The zero-order chi connectivity index (χ0) is 15.3. The monoisotopic (exact) mass is 311 g/mol. The Morgan fingerprint density at radius 3 is 2.57 bits per heavy atom. The summed E-state index contributed by atoms with van der Waals surface area (Å²) in [6.07, 6.45) is 0.355. The summed E-state index contributed by atoms with van der Waals surface area (Å²) in [4.78, 5) is 10.6. The molecule has 3 N–H and O–H groups in total. The van der Waals surface area contributed by atoms with Crippen molar-refractivity contribution in [3.63, 3.8) is 0 Å². The van der Waals surface area contributed by atoms with E-state index < -0.39 is 16.0 Å². The molecule has 1 aromatic carbocycles. The predicted molar refractivity (Wildman–Crippen MR) is 70.6 cm³/mol. The second-order valence-corrected chi connectivity index (χ2v) is 5.96. The minimum absolute atomic E-state index is 0.00216. The number of carboxylic acid groups (broad SMARTS) is 1. The molecule has 0 saturated carbocycles. The molecule has 1 heterocycles. The van der Waals surface area contributed by atoms with Crippen LogP contribution in [-0.2, 0) is 27.8 Å². The fourth-order valence-electron chi connectivity index (χ4n) is 1.59. The Morgan fingerprint density at radius 2 is 2.00 bits per heavy atom. The molecule has 0 atom stereocenters. The van der Waals surface area contributed by atoms with Crippen LogP contribution in [0.3, 0.4) is 0 Å². The van der Waals surface area contributed by atoms with E-state index in [2.05, 4.69) is 25.3 Å². The van der Waals surface area contributed by atoms with Gasteiger partial charge >= 0.3 is 5.97 Å². The summed E-state index contributed by atoms with van der Waals surface area (Å²) in [7, 11) is -3.67. The maximum absolute atomic E-state index is 12.0. The third-order valence-corrected chi connectivity index (χ3v) is 4.09. The van der Waals surface area contributed by atoms with E-state index in [1.54, 1.807) is 12.1 Å². The smallest absolute Gasteiger partial charge is 0.303 e. The van der Waals surface area contributed by atoms with Gasteiger partial charge < -0.3 is 5.11 Å². The van der Waals surface area contributed by atoms with Crippen molar-refractivity contribution in [2.75, 3.05) is 0 Å². The van der Waals surface area contributed by atoms with Gasteiger partial charge in [-0.25, -0.2) is 13.1 Å². The van der Waals surface area contributed by atoms with Gasteiger partial charge in [-0.2, -0.15) is 5.21 Å². The van der Waals surface area contributed by atoms with Crippen molar-refractivity contribution in [3.8, 4) is 0 Å². The summed E-state index contributed by atoms with van der Waals surface area (Å²) >= 11 is 0. The molecule has 0 aliphatic heterocycles. The number of hydrogen-bond donors (Lipinski definition) is 3. The third-order valence-electron chi connectivity index (χ3n) is 2.67. The van der Waals surface area contributed by atoms with Crippen LogP contribution >= 0.6 is 0 Å².